The number of nitriles is 1. The van der Waals surface area contributed by atoms with E-state index in [1.807, 2.05) is 5.38 Å². The summed E-state index contributed by atoms with van der Waals surface area (Å²) < 4.78 is 0. The fourth-order valence-corrected chi connectivity index (χ4v) is 2.36. The van der Waals surface area contributed by atoms with Gasteiger partial charge in [-0.1, -0.05) is 6.92 Å². The Kier molecular flexibility index (Phi) is 3.75. The average Bonchev–Trinajstić information content (AvgIpc) is 2.91. The van der Waals surface area contributed by atoms with Crippen LogP contribution in [0.5, 0.6) is 0 Å². The highest BCUT2D eigenvalue weighted by atomic mass is 32.1. The van der Waals surface area contributed by atoms with E-state index in [9.17, 15) is 0 Å². The maximum atomic E-state index is 9.06. The summed E-state index contributed by atoms with van der Waals surface area (Å²) in [4.78, 5) is 8.44. The van der Waals surface area contributed by atoms with Crippen molar-refractivity contribution in [1.29, 1.82) is 5.26 Å². The summed E-state index contributed by atoms with van der Waals surface area (Å²) in [7, 11) is 0. The lowest BCUT2D eigenvalue weighted by molar-refractivity contribution is 0.737. The van der Waals surface area contributed by atoms with E-state index in [4.69, 9.17) is 11.0 Å². The molecule has 3 N–H and O–H groups in total. The van der Waals surface area contributed by atoms with Crippen LogP contribution < -0.4 is 11.1 Å². The van der Waals surface area contributed by atoms with Gasteiger partial charge in [-0.25, -0.2) is 9.97 Å². The lowest BCUT2D eigenvalue weighted by Gasteiger charge is -2.15. The Balaban J connectivity index is 2.25. The van der Waals surface area contributed by atoms with Gasteiger partial charge in [0.15, 0.2) is 0 Å². The first kappa shape index (κ1) is 12.3. The molecule has 0 fully saturated rings. The monoisotopic (exact) mass is 259 g/mol. The summed E-state index contributed by atoms with van der Waals surface area (Å²) in [5, 5.41) is 15.2. The molecule has 92 valence electrons. The minimum Gasteiger partial charge on any atom is -0.397 e. The van der Waals surface area contributed by atoms with E-state index in [2.05, 4.69) is 28.3 Å². The Hall–Kier alpha value is -2.13. The van der Waals surface area contributed by atoms with Crippen LogP contribution in [0.2, 0.25) is 0 Å². The molecule has 1 atom stereocenters. The van der Waals surface area contributed by atoms with Gasteiger partial charge in [0.2, 0.25) is 0 Å². The van der Waals surface area contributed by atoms with Crippen molar-refractivity contribution in [2.75, 3.05) is 11.1 Å². The van der Waals surface area contributed by atoms with E-state index in [1.54, 1.807) is 23.6 Å². The zero-order valence-electron chi connectivity index (χ0n) is 9.92. The molecule has 0 radical (unpaired) electrons. The molecule has 2 aromatic rings. The standard InChI is InChI=1S/C12H13N5S/c1-2-10(12-15-3-4-18-12)17-11-8(6-13)5-9(14)7-16-11/h3-5,7,10H,2,14H2,1H3,(H,16,17). The van der Waals surface area contributed by atoms with Gasteiger partial charge in [-0.15, -0.1) is 11.3 Å². The maximum absolute atomic E-state index is 9.06. The summed E-state index contributed by atoms with van der Waals surface area (Å²) in [6, 6.07) is 3.77. The zero-order chi connectivity index (χ0) is 13.0. The molecule has 0 aliphatic rings. The first-order valence-corrected chi connectivity index (χ1v) is 6.44. The highest BCUT2D eigenvalue weighted by Crippen LogP contribution is 2.25. The van der Waals surface area contributed by atoms with E-state index in [0.29, 0.717) is 17.1 Å². The number of pyridine rings is 1. The number of anilines is 2. The van der Waals surface area contributed by atoms with Crippen molar-refractivity contribution >= 4 is 22.8 Å². The van der Waals surface area contributed by atoms with Gasteiger partial charge < -0.3 is 11.1 Å². The minimum absolute atomic E-state index is 0.0632. The van der Waals surface area contributed by atoms with Gasteiger partial charge in [-0.3, -0.25) is 0 Å². The SMILES string of the molecule is CCC(Nc1ncc(N)cc1C#N)c1nccs1. The third-order valence-electron chi connectivity index (χ3n) is 2.50. The van der Waals surface area contributed by atoms with E-state index in [-0.39, 0.29) is 6.04 Å². The number of rotatable bonds is 4. The van der Waals surface area contributed by atoms with Gasteiger partial charge in [-0.05, 0) is 12.5 Å². The number of hydrogen-bond donors (Lipinski definition) is 2. The summed E-state index contributed by atoms with van der Waals surface area (Å²) in [6.07, 6.45) is 4.17. The summed E-state index contributed by atoms with van der Waals surface area (Å²) in [5.74, 6) is 0.550. The second-order valence-electron chi connectivity index (χ2n) is 3.75. The summed E-state index contributed by atoms with van der Waals surface area (Å²) in [5.41, 5.74) is 6.54. The molecule has 5 nitrogen and oxygen atoms in total. The Morgan fingerprint density at radius 1 is 1.56 bits per heavy atom. The number of nitrogens with zero attached hydrogens (tertiary/aromatic N) is 3. The zero-order valence-corrected chi connectivity index (χ0v) is 10.7. The fraction of sp³-hybridized carbons (Fsp3) is 0.250. The van der Waals surface area contributed by atoms with E-state index in [0.717, 1.165) is 11.4 Å². The normalized spacial score (nSPS) is 11.8. The van der Waals surface area contributed by atoms with Crippen molar-refractivity contribution in [3.8, 4) is 6.07 Å². The first-order valence-electron chi connectivity index (χ1n) is 5.56. The van der Waals surface area contributed by atoms with Crippen molar-refractivity contribution in [3.63, 3.8) is 0 Å². The molecule has 2 heterocycles. The van der Waals surface area contributed by atoms with Crippen LogP contribution in [0.25, 0.3) is 0 Å². The Labute approximate surface area is 109 Å². The van der Waals surface area contributed by atoms with Crippen molar-refractivity contribution in [2.45, 2.75) is 19.4 Å². The third-order valence-corrected chi connectivity index (χ3v) is 3.39. The molecular formula is C12H13N5S. The first-order chi connectivity index (χ1) is 8.74. The van der Waals surface area contributed by atoms with Gasteiger partial charge in [0.05, 0.1) is 23.5 Å². The molecule has 0 aliphatic heterocycles. The number of nitrogens with one attached hydrogen (secondary N) is 1. The molecule has 0 aromatic carbocycles. The van der Waals surface area contributed by atoms with Gasteiger partial charge in [0, 0.05) is 11.6 Å². The number of nitrogens with two attached hydrogens (primary N) is 1. The van der Waals surface area contributed by atoms with Crippen LogP contribution >= 0.6 is 11.3 Å². The van der Waals surface area contributed by atoms with Crippen LogP contribution in [0.4, 0.5) is 11.5 Å². The number of aromatic nitrogens is 2. The largest absolute Gasteiger partial charge is 0.397 e. The van der Waals surface area contributed by atoms with Crippen LogP contribution in [0.3, 0.4) is 0 Å². The Morgan fingerprint density at radius 3 is 3.00 bits per heavy atom. The third kappa shape index (κ3) is 2.57. The highest BCUT2D eigenvalue weighted by Gasteiger charge is 2.14. The van der Waals surface area contributed by atoms with E-state index >= 15 is 0 Å². The second-order valence-corrected chi connectivity index (χ2v) is 4.68. The molecule has 1 unspecified atom stereocenters. The fourth-order valence-electron chi connectivity index (χ4n) is 1.59. The molecule has 2 aromatic heterocycles. The Bertz CT molecular complexity index is 558. The topological polar surface area (TPSA) is 87.6 Å². The number of hydrogen-bond acceptors (Lipinski definition) is 6. The Morgan fingerprint density at radius 2 is 2.39 bits per heavy atom. The van der Waals surface area contributed by atoms with Gasteiger partial charge in [0.1, 0.15) is 16.9 Å². The predicted octanol–water partition coefficient (Wildman–Crippen LogP) is 2.56. The van der Waals surface area contributed by atoms with Crippen molar-refractivity contribution in [1.82, 2.24) is 9.97 Å². The molecule has 0 saturated carbocycles. The molecule has 0 bridgehead atoms. The van der Waals surface area contributed by atoms with Gasteiger partial charge in [-0.2, -0.15) is 5.26 Å². The number of nitrogen functional groups attached to an aromatic ring is 1. The molecular weight excluding hydrogens is 246 g/mol. The summed E-state index contributed by atoms with van der Waals surface area (Å²) in [6.45, 7) is 2.06. The lowest BCUT2D eigenvalue weighted by Crippen LogP contribution is -2.11. The highest BCUT2D eigenvalue weighted by molar-refractivity contribution is 7.09. The van der Waals surface area contributed by atoms with Crippen LogP contribution in [-0.4, -0.2) is 9.97 Å². The van der Waals surface area contributed by atoms with Crippen molar-refractivity contribution in [2.24, 2.45) is 0 Å². The molecule has 0 spiro atoms. The van der Waals surface area contributed by atoms with E-state index < -0.39 is 0 Å². The lowest BCUT2D eigenvalue weighted by atomic mass is 10.2. The molecule has 6 heteroatoms. The summed E-state index contributed by atoms with van der Waals surface area (Å²) >= 11 is 1.58. The van der Waals surface area contributed by atoms with Gasteiger partial charge in [0.25, 0.3) is 0 Å². The van der Waals surface area contributed by atoms with Crippen molar-refractivity contribution in [3.05, 3.63) is 34.4 Å². The number of thiazole rings is 1. The van der Waals surface area contributed by atoms with Crippen LogP contribution in [0.15, 0.2) is 23.8 Å². The quantitative estimate of drug-likeness (QED) is 0.881. The minimum atomic E-state index is 0.0632. The van der Waals surface area contributed by atoms with Crippen molar-refractivity contribution < 1.29 is 0 Å². The molecule has 18 heavy (non-hydrogen) atoms. The van der Waals surface area contributed by atoms with Crippen LogP contribution in [-0.2, 0) is 0 Å². The molecule has 0 aliphatic carbocycles. The van der Waals surface area contributed by atoms with Gasteiger partial charge >= 0.3 is 0 Å². The second kappa shape index (κ2) is 5.47. The molecule has 2 rings (SSSR count). The predicted molar refractivity (Wildman–Crippen MR) is 72.1 cm³/mol. The molecule has 0 saturated heterocycles. The average molecular weight is 259 g/mol. The van der Waals surface area contributed by atoms with Crippen LogP contribution in [0, 0.1) is 11.3 Å². The van der Waals surface area contributed by atoms with Crippen LogP contribution in [0.1, 0.15) is 30.0 Å². The van der Waals surface area contributed by atoms with E-state index in [1.165, 1.54) is 6.20 Å². The smallest absolute Gasteiger partial charge is 0.144 e. The molecule has 0 amide bonds. The maximum Gasteiger partial charge on any atom is 0.144 e.